The average Bonchev–Trinajstić information content (AvgIpc) is 2.17. The van der Waals surface area contributed by atoms with Crippen molar-refractivity contribution in [1.82, 2.24) is 0 Å². The first-order valence-electron chi connectivity index (χ1n) is 4.08. The van der Waals surface area contributed by atoms with Gasteiger partial charge in [0.05, 0.1) is 10.4 Å². The highest BCUT2D eigenvalue weighted by Crippen LogP contribution is 2.21. The molecule has 0 aliphatic heterocycles. The van der Waals surface area contributed by atoms with Crippen LogP contribution in [0.15, 0.2) is 23.1 Å². The number of ketones is 1. The van der Waals surface area contributed by atoms with Crippen LogP contribution < -0.4 is 0 Å². The quantitative estimate of drug-likeness (QED) is 0.478. The lowest BCUT2D eigenvalue weighted by Crippen LogP contribution is -2.12. The van der Waals surface area contributed by atoms with Gasteiger partial charge in [-0.25, -0.2) is 4.39 Å². The molecule has 1 nitrogen and oxygen atoms in total. The molecule has 1 atom stereocenters. The van der Waals surface area contributed by atoms with Crippen LogP contribution in [-0.2, 0) is 0 Å². The Bertz CT molecular complexity index is 352. The van der Waals surface area contributed by atoms with Crippen LogP contribution in [0, 0.1) is 5.82 Å². The molecule has 1 aromatic rings. The monoisotopic (exact) mass is 276 g/mol. The highest BCUT2D eigenvalue weighted by atomic mass is 79.9. The van der Waals surface area contributed by atoms with Crippen molar-refractivity contribution in [1.29, 1.82) is 0 Å². The van der Waals surface area contributed by atoms with Crippen LogP contribution >= 0.6 is 27.7 Å². The van der Waals surface area contributed by atoms with E-state index in [1.165, 1.54) is 17.8 Å². The molecule has 1 rings (SSSR count). The van der Waals surface area contributed by atoms with Crippen molar-refractivity contribution < 1.29 is 9.18 Å². The predicted octanol–water partition coefficient (Wildman–Crippen LogP) is 3.51. The van der Waals surface area contributed by atoms with Crippen molar-refractivity contribution in [3.8, 4) is 0 Å². The lowest BCUT2D eigenvalue weighted by atomic mass is 10.1. The van der Waals surface area contributed by atoms with Gasteiger partial charge in [0.15, 0.2) is 5.78 Å². The summed E-state index contributed by atoms with van der Waals surface area (Å²) in [6.45, 7) is 1.69. The van der Waals surface area contributed by atoms with Gasteiger partial charge in [0.1, 0.15) is 5.82 Å². The Hall–Kier alpha value is -0.350. The summed E-state index contributed by atoms with van der Waals surface area (Å²) in [6.07, 6.45) is 1.89. The van der Waals surface area contributed by atoms with Gasteiger partial charge in [0.25, 0.3) is 0 Å². The summed E-state index contributed by atoms with van der Waals surface area (Å²) >= 11 is 4.62. The molecule has 0 radical (unpaired) electrons. The Morgan fingerprint density at radius 3 is 2.71 bits per heavy atom. The van der Waals surface area contributed by atoms with E-state index in [4.69, 9.17) is 0 Å². The molecule has 0 fully saturated rings. The lowest BCUT2D eigenvalue weighted by molar-refractivity contribution is 0.0992. The van der Waals surface area contributed by atoms with Crippen LogP contribution in [0.1, 0.15) is 17.3 Å². The number of hydrogen-bond donors (Lipinski definition) is 0. The van der Waals surface area contributed by atoms with Gasteiger partial charge < -0.3 is 0 Å². The first-order chi connectivity index (χ1) is 6.56. The molecule has 0 aromatic heterocycles. The Morgan fingerprint density at radius 1 is 1.57 bits per heavy atom. The van der Waals surface area contributed by atoms with Crippen molar-refractivity contribution in [2.45, 2.75) is 16.6 Å². The summed E-state index contributed by atoms with van der Waals surface area (Å²) in [5.41, 5.74) is 0.154. The molecule has 14 heavy (non-hydrogen) atoms. The van der Waals surface area contributed by atoms with Gasteiger partial charge >= 0.3 is 0 Å². The van der Waals surface area contributed by atoms with Gasteiger partial charge in [0, 0.05) is 4.90 Å². The Labute approximate surface area is 95.2 Å². The molecule has 0 bridgehead atoms. The predicted molar refractivity (Wildman–Crippen MR) is 60.9 cm³/mol. The van der Waals surface area contributed by atoms with E-state index in [9.17, 15) is 9.18 Å². The third kappa shape index (κ3) is 2.58. The summed E-state index contributed by atoms with van der Waals surface area (Å²) in [5, 5.41) is 0. The highest BCUT2D eigenvalue weighted by Gasteiger charge is 2.16. The molecule has 0 N–H and O–H groups in total. The van der Waals surface area contributed by atoms with Gasteiger partial charge in [0.2, 0.25) is 0 Å². The van der Waals surface area contributed by atoms with Crippen LogP contribution in [0.2, 0.25) is 0 Å². The topological polar surface area (TPSA) is 17.1 Å². The van der Waals surface area contributed by atoms with Gasteiger partial charge in [-0.1, -0.05) is 15.9 Å². The van der Waals surface area contributed by atoms with E-state index in [1.807, 2.05) is 6.26 Å². The summed E-state index contributed by atoms with van der Waals surface area (Å²) in [6, 6.07) is 4.57. The second kappa shape index (κ2) is 4.94. The molecule has 0 saturated carbocycles. The number of thioether (sulfide) groups is 1. The zero-order chi connectivity index (χ0) is 10.7. The highest BCUT2D eigenvalue weighted by molar-refractivity contribution is 9.10. The molecule has 0 saturated heterocycles. The largest absolute Gasteiger partial charge is 0.293 e. The summed E-state index contributed by atoms with van der Waals surface area (Å²) < 4.78 is 13.3. The maximum atomic E-state index is 13.3. The fourth-order valence-corrected chi connectivity index (χ4v) is 1.72. The van der Waals surface area contributed by atoms with Gasteiger partial charge in [-0.05, 0) is 31.4 Å². The number of alkyl halides is 1. The number of hydrogen-bond acceptors (Lipinski definition) is 2. The minimum atomic E-state index is -0.459. The minimum absolute atomic E-state index is 0.154. The third-order valence-electron chi connectivity index (χ3n) is 1.80. The second-order valence-corrected chi connectivity index (χ2v) is 5.08. The van der Waals surface area contributed by atoms with E-state index in [0.29, 0.717) is 0 Å². The molecule has 4 heteroatoms. The van der Waals surface area contributed by atoms with Gasteiger partial charge in [-0.2, -0.15) is 0 Å². The molecule has 76 valence electrons. The standard InChI is InChI=1S/C10H10BrFOS/c1-6(11)10(13)8-5-7(14-2)3-4-9(8)12/h3-6H,1-2H3. The number of rotatable bonds is 3. The summed E-state index contributed by atoms with van der Waals surface area (Å²) in [7, 11) is 0. The number of carbonyl (C=O) groups excluding carboxylic acids is 1. The van der Waals surface area contributed by atoms with Crippen molar-refractivity contribution in [2.24, 2.45) is 0 Å². The molecule has 1 unspecified atom stereocenters. The van der Waals surface area contributed by atoms with Crippen LogP contribution in [0.4, 0.5) is 4.39 Å². The second-order valence-electron chi connectivity index (χ2n) is 2.83. The fraction of sp³-hybridized carbons (Fsp3) is 0.300. The molecular weight excluding hydrogens is 267 g/mol. The average molecular weight is 277 g/mol. The molecule has 1 aromatic carbocycles. The molecule has 0 spiro atoms. The molecule has 0 amide bonds. The number of halogens is 2. The smallest absolute Gasteiger partial charge is 0.179 e. The first kappa shape index (κ1) is 11.7. The Balaban J connectivity index is 3.12. The minimum Gasteiger partial charge on any atom is -0.293 e. The molecule has 0 heterocycles. The van der Waals surface area contributed by atoms with Crippen molar-refractivity contribution in [3.63, 3.8) is 0 Å². The van der Waals surface area contributed by atoms with E-state index >= 15 is 0 Å². The lowest BCUT2D eigenvalue weighted by Gasteiger charge is -2.05. The van der Waals surface area contributed by atoms with E-state index < -0.39 is 5.82 Å². The summed E-state index contributed by atoms with van der Waals surface area (Å²) in [5.74, 6) is -0.683. The van der Waals surface area contributed by atoms with Crippen LogP contribution in [0.3, 0.4) is 0 Å². The number of Topliss-reactive ketones (excluding diaryl/α,β-unsaturated/α-hetero) is 1. The van der Waals surface area contributed by atoms with Crippen LogP contribution in [0.25, 0.3) is 0 Å². The maximum Gasteiger partial charge on any atom is 0.179 e. The Morgan fingerprint density at radius 2 is 2.21 bits per heavy atom. The zero-order valence-corrected chi connectivity index (χ0v) is 10.3. The maximum absolute atomic E-state index is 13.3. The van der Waals surface area contributed by atoms with E-state index in [1.54, 1.807) is 19.1 Å². The molecular formula is C10H10BrFOS. The third-order valence-corrected chi connectivity index (χ3v) is 2.94. The SMILES string of the molecule is CSc1ccc(F)c(C(=O)C(C)Br)c1. The zero-order valence-electron chi connectivity index (χ0n) is 7.88. The van der Waals surface area contributed by atoms with Crippen molar-refractivity contribution in [2.75, 3.05) is 6.26 Å². The van der Waals surface area contributed by atoms with E-state index in [0.717, 1.165) is 4.90 Å². The summed E-state index contributed by atoms with van der Waals surface area (Å²) in [4.78, 5) is 12.1. The van der Waals surface area contributed by atoms with E-state index in [2.05, 4.69) is 15.9 Å². The van der Waals surface area contributed by atoms with Crippen molar-refractivity contribution in [3.05, 3.63) is 29.6 Å². The van der Waals surface area contributed by atoms with E-state index in [-0.39, 0.29) is 16.2 Å². The first-order valence-corrected chi connectivity index (χ1v) is 6.22. The van der Waals surface area contributed by atoms with Gasteiger partial charge in [-0.15, -0.1) is 11.8 Å². The van der Waals surface area contributed by atoms with Gasteiger partial charge in [-0.3, -0.25) is 4.79 Å². The van der Waals surface area contributed by atoms with Crippen LogP contribution in [0.5, 0.6) is 0 Å². The number of benzene rings is 1. The fourth-order valence-electron chi connectivity index (χ4n) is 1.03. The van der Waals surface area contributed by atoms with Crippen LogP contribution in [-0.4, -0.2) is 16.9 Å². The molecule has 0 aliphatic carbocycles. The van der Waals surface area contributed by atoms with Crippen molar-refractivity contribution >= 4 is 33.5 Å². The Kier molecular flexibility index (Phi) is 4.13. The normalized spacial score (nSPS) is 12.6. The number of carbonyl (C=O) groups is 1. The molecule has 0 aliphatic rings.